The molecule has 1 aliphatic carbocycles. The van der Waals surface area contributed by atoms with E-state index in [0.717, 1.165) is 74.3 Å². The van der Waals surface area contributed by atoms with Gasteiger partial charge in [-0.3, -0.25) is 14.7 Å². The molecule has 0 spiro atoms. The molecule has 2 heterocycles. The molecule has 174 valence electrons. The Balaban J connectivity index is 0.00000141. The van der Waals surface area contributed by atoms with Crippen LogP contribution in [0.1, 0.15) is 79.0 Å². The van der Waals surface area contributed by atoms with Gasteiger partial charge in [0.25, 0.3) is 5.91 Å². The van der Waals surface area contributed by atoms with Crippen LogP contribution in [0.25, 0.3) is 0 Å². The molecule has 5 heteroatoms. The lowest BCUT2D eigenvalue weighted by atomic mass is 9.90. The Morgan fingerprint density at radius 2 is 1.84 bits per heavy atom. The molecule has 0 fully saturated rings. The molecule has 0 radical (unpaired) electrons. The SMILES string of the molecule is CC.Cc1nc2c(c(C(=O)NC(C)C)c1OCCN1CCc3ccccc3C1)CCCC2. The van der Waals surface area contributed by atoms with Crippen LogP contribution in [0, 0.1) is 6.92 Å². The van der Waals surface area contributed by atoms with E-state index in [4.69, 9.17) is 9.72 Å². The predicted molar refractivity (Wildman–Crippen MR) is 130 cm³/mol. The van der Waals surface area contributed by atoms with E-state index in [9.17, 15) is 4.79 Å². The first kappa shape index (κ1) is 24.2. The van der Waals surface area contributed by atoms with E-state index < -0.39 is 0 Å². The number of aromatic nitrogens is 1. The highest BCUT2D eigenvalue weighted by Crippen LogP contribution is 2.32. The third-order valence-electron chi connectivity index (χ3n) is 6.11. The molecule has 0 bridgehead atoms. The summed E-state index contributed by atoms with van der Waals surface area (Å²) in [4.78, 5) is 20.3. The first-order valence-electron chi connectivity index (χ1n) is 12.3. The maximum atomic E-state index is 13.1. The Hall–Kier alpha value is -2.40. The fourth-order valence-electron chi connectivity index (χ4n) is 4.63. The molecule has 0 atom stereocenters. The van der Waals surface area contributed by atoms with E-state index in [2.05, 4.69) is 34.5 Å². The molecule has 1 amide bonds. The Kier molecular flexibility index (Phi) is 8.68. The van der Waals surface area contributed by atoms with Gasteiger partial charge in [-0.2, -0.15) is 0 Å². The zero-order valence-corrected chi connectivity index (χ0v) is 20.5. The molecule has 5 nitrogen and oxygen atoms in total. The second-order valence-electron chi connectivity index (χ2n) is 8.81. The number of fused-ring (bicyclic) bond motifs is 2. The number of benzene rings is 1. The number of carbonyl (C=O) groups excluding carboxylic acids is 1. The summed E-state index contributed by atoms with van der Waals surface area (Å²) in [6.45, 7) is 13.4. The van der Waals surface area contributed by atoms with Gasteiger partial charge in [0.2, 0.25) is 0 Å². The number of ether oxygens (including phenoxy) is 1. The molecule has 2 aromatic rings. The lowest BCUT2D eigenvalue weighted by Gasteiger charge is -2.29. The van der Waals surface area contributed by atoms with Crippen LogP contribution < -0.4 is 10.1 Å². The largest absolute Gasteiger partial charge is 0.489 e. The van der Waals surface area contributed by atoms with Crippen LogP contribution >= 0.6 is 0 Å². The summed E-state index contributed by atoms with van der Waals surface area (Å²) in [5.41, 5.74) is 6.58. The highest BCUT2D eigenvalue weighted by atomic mass is 16.5. The van der Waals surface area contributed by atoms with Crippen LogP contribution in [0.3, 0.4) is 0 Å². The van der Waals surface area contributed by atoms with Gasteiger partial charge < -0.3 is 10.1 Å². The zero-order valence-electron chi connectivity index (χ0n) is 20.5. The second-order valence-corrected chi connectivity index (χ2v) is 8.81. The summed E-state index contributed by atoms with van der Waals surface area (Å²) < 4.78 is 6.26. The van der Waals surface area contributed by atoms with Crippen molar-refractivity contribution in [2.24, 2.45) is 0 Å². The van der Waals surface area contributed by atoms with E-state index in [1.54, 1.807) is 0 Å². The van der Waals surface area contributed by atoms with Crippen molar-refractivity contribution in [1.82, 2.24) is 15.2 Å². The third-order valence-corrected chi connectivity index (χ3v) is 6.11. The summed E-state index contributed by atoms with van der Waals surface area (Å²) in [5.74, 6) is 0.641. The van der Waals surface area contributed by atoms with Gasteiger partial charge >= 0.3 is 0 Å². The van der Waals surface area contributed by atoms with Crippen LogP contribution in [0.15, 0.2) is 24.3 Å². The monoisotopic (exact) mass is 437 g/mol. The van der Waals surface area contributed by atoms with Gasteiger partial charge in [-0.15, -0.1) is 0 Å². The quantitative estimate of drug-likeness (QED) is 0.700. The van der Waals surface area contributed by atoms with E-state index >= 15 is 0 Å². The standard InChI is InChI=1S/C25H33N3O2.C2H6/c1-17(2)26-25(29)23-21-10-6-7-11-22(21)27-18(3)24(23)30-15-14-28-13-12-19-8-4-5-9-20(19)16-28;1-2/h4-5,8-9,17H,6-7,10-16H2,1-3H3,(H,26,29);1-2H3. The van der Waals surface area contributed by atoms with Gasteiger partial charge in [-0.25, -0.2) is 0 Å². The molecule has 4 rings (SSSR count). The first-order chi connectivity index (χ1) is 15.5. The minimum Gasteiger partial charge on any atom is -0.489 e. The number of nitrogens with zero attached hydrogens (tertiary/aromatic N) is 2. The maximum absolute atomic E-state index is 13.1. The maximum Gasteiger partial charge on any atom is 0.255 e. The van der Waals surface area contributed by atoms with E-state index in [0.29, 0.717) is 12.4 Å². The van der Waals surface area contributed by atoms with Gasteiger partial charge in [-0.1, -0.05) is 38.1 Å². The number of amides is 1. The fraction of sp³-hybridized carbons (Fsp3) is 0.556. The van der Waals surface area contributed by atoms with Crippen molar-refractivity contribution in [2.75, 3.05) is 19.7 Å². The van der Waals surface area contributed by atoms with Crippen molar-refractivity contribution < 1.29 is 9.53 Å². The highest BCUT2D eigenvalue weighted by Gasteiger charge is 2.26. The number of aryl methyl sites for hydroxylation is 2. The van der Waals surface area contributed by atoms with Crippen molar-refractivity contribution >= 4 is 5.91 Å². The van der Waals surface area contributed by atoms with Crippen molar-refractivity contribution in [3.63, 3.8) is 0 Å². The average molecular weight is 438 g/mol. The second kappa shape index (κ2) is 11.5. The van der Waals surface area contributed by atoms with Crippen molar-refractivity contribution in [1.29, 1.82) is 0 Å². The zero-order chi connectivity index (χ0) is 23.1. The average Bonchev–Trinajstić information content (AvgIpc) is 2.80. The summed E-state index contributed by atoms with van der Waals surface area (Å²) in [6, 6.07) is 8.76. The molecular formula is C27H39N3O2. The molecular weight excluding hydrogens is 398 g/mol. The van der Waals surface area contributed by atoms with Crippen LogP contribution in [-0.2, 0) is 25.8 Å². The van der Waals surface area contributed by atoms with Crippen LogP contribution in [-0.4, -0.2) is 41.5 Å². The molecule has 1 N–H and O–H groups in total. The van der Waals surface area contributed by atoms with Gasteiger partial charge in [0.05, 0.1) is 11.3 Å². The number of pyridine rings is 1. The molecule has 1 aromatic heterocycles. The Bertz CT molecular complexity index is 923. The molecule has 0 unspecified atom stereocenters. The van der Waals surface area contributed by atoms with Crippen LogP contribution in [0.5, 0.6) is 5.75 Å². The molecule has 0 saturated heterocycles. The predicted octanol–water partition coefficient (Wildman–Crippen LogP) is 4.87. The minimum atomic E-state index is -0.0319. The molecule has 32 heavy (non-hydrogen) atoms. The number of rotatable bonds is 6. The van der Waals surface area contributed by atoms with Crippen molar-refractivity contribution in [3.05, 3.63) is 57.9 Å². The van der Waals surface area contributed by atoms with Gasteiger partial charge in [0.1, 0.15) is 6.61 Å². The number of carbonyl (C=O) groups is 1. The topological polar surface area (TPSA) is 54.5 Å². The molecule has 1 aromatic carbocycles. The Morgan fingerprint density at radius 3 is 2.59 bits per heavy atom. The van der Waals surface area contributed by atoms with Crippen LogP contribution in [0.2, 0.25) is 0 Å². The third kappa shape index (κ3) is 5.69. The molecule has 0 saturated carbocycles. The number of hydrogen-bond acceptors (Lipinski definition) is 4. The Labute approximate surface area is 193 Å². The number of hydrogen-bond donors (Lipinski definition) is 1. The summed E-state index contributed by atoms with van der Waals surface area (Å²) >= 11 is 0. The van der Waals surface area contributed by atoms with E-state index in [-0.39, 0.29) is 11.9 Å². The molecule has 1 aliphatic heterocycles. The minimum absolute atomic E-state index is 0.0319. The summed E-state index contributed by atoms with van der Waals surface area (Å²) in [5, 5.41) is 3.07. The van der Waals surface area contributed by atoms with Crippen molar-refractivity contribution in [2.45, 2.75) is 79.3 Å². The van der Waals surface area contributed by atoms with E-state index in [1.807, 2.05) is 34.6 Å². The Morgan fingerprint density at radius 1 is 1.12 bits per heavy atom. The normalized spacial score (nSPS) is 15.3. The van der Waals surface area contributed by atoms with Gasteiger partial charge in [-0.05, 0) is 69.6 Å². The fourth-order valence-corrected chi connectivity index (χ4v) is 4.63. The van der Waals surface area contributed by atoms with Gasteiger partial charge in [0.15, 0.2) is 5.75 Å². The highest BCUT2D eigenvalue weighted by molar-refractivity contribution is 5.99. The first-order valence-corrected chi connectivity index (χ1v) is 12.3. The van der Waals surface area contributed by atoms with Crippen LogP contribution in [0.4, 0.5) is 0 Å². The van der Waals surface area contributed by atoms with Crippen molar-refractivity contribution in [3.8, 4) is 5.75 Å². The smallest absolute Gasteiger partial charge is 0.255 e. The van der Waals surface area contributed by atoms with E-state index in [1.165, 1.54) is 11.1 Å². The van der Waals surface area contributed by atoms with Gasteiger partial charge in [0, 0.05) is 31.4 Å². The summed E-state index contributed by atoms with van der Waals surface area (Å²) in [7, 11) is 0. The summed E-state index contributed by atoms with van der Waals surface area (Å²) in [6.07, 6.45) is 5.18. The number of nitrogens with one attached hydrogen (secondary N) is 1. The molecule has 2 aliphatic rings. The lowest BCUT2D eigenvalue weighted by molar-refractivity contribution is 0.0936. The lowest BCUT2D eigenvalue weighted by Crippen LogP contribution is -2.35.